The minimum Gasteiger partial charge on any atom is -0.277 e. The molecule has 0 fully saturated rings. The fourth-order valence-corrected chi connectivity index (χ4v) is 9.62. The summed E-state index contributed by atoms with van der Waals surface area (Å²) >= 11 is 0. The second kappa shape index (κ2) is 11.8. The Morgan fingerprint density at radius 3 is 1.61 bits per heavy atom. The van der Waals surface area contributed by atoms with Crippen molar-refractivity contribution in [1.29, 1.82) is 0 Å². The fourth-order valence-electron chi connectivity index (χ4n) is 9.62. The molecular formula is C52H32N4. The van der Waals surface area contributed by atoms with Crippen LogP contribution in [0.25, 0.3) is 83.9 Å². The highest BCUT2D eigenvalue weighted by Gasteiger charge is 2.52. The molecule has 4 heteroatoms. The Morgan fingerprint density at radius 1 is 0.357 bits per heavy atom. The molecule has 0 aliphatic heterocycles. The van der Waals surface area contributed by atoms with Crippen LogP contribution in [-0.4, -0.2) is 19.5 Å². The molecule has 260 valence electrons. The lowest BCUT2D eigenvalue weighted by Gasteiger charge is -2.30. The molecule has 1 spiro atoms. The van der Waals surface area contributed by atoms with Crippen LogP contribution in [0.3, 0.4) is 0 Å². The zero-order valence-electron chi connectivity index (χ0n) is 30.3. The Morgan fingerprint density at radius 2 is 0.893 bits per heavy atom. The van der Waals surface area contributed by atoms with E-state index in [1.807, 2.05) is 24.3 Å². The van der Waals surface area contributed by atoms with Crippen molar-refractivity contribution in [2.24, 2.45) is 0 Å². The molecule has 0 saturated heterocycles. The quantitative estimate of drug-likeness (QED) is 0.182. The van der Waals surface area contributed by atoms with E-state index in [1.165, 1.54) is 49.9 Å². The van der Waals surface area contributed by atoms with Gasteiger partial charge in [0.15, 0.2) is 11.6 Å². The summed E-state index contributed by atoms with van der Waals surface area (Å²) in [4.78, 5) is 15.9. The van der Waals surface area contributed by atoms with Gasteiger partial charge in [0.05, 0.1) is 16.4 Å². The molecule has 0 atom stereocenters. The SMILES string of the molecule is c1ccc(-c2cccc(-c3nc(-c4ccccc4)nc(-n4c5ccccc5c5ccc6c(c54)-c4ccccc4C64c5ccccc5-c5ccccc54)n3)c2)cc1. The number of para-hydroxylation sites is 1. The summed E-state index contributed by atoms with van der Waals surface area (Å²) in [6.07, 6.45) is 0. The molecule has 56 heavy (non-hydrogen) atoms. The van der Waals surface area contributed by atoms with Crippen LogP contribution in [0.2, 0.25) is 0 Å². The number of hydrogen-bond acceptors (Lipinski definition) is 3. The lowest BCUT2D eigenvalue weighted by atomic mass is 9.70. The third kappa shape index (κ3) is 4.21. The molecule has 0 unspecified atom stereocenters. The van der Waals surface area contributed by atoms with E-state index in [1.54, 1.807) is 0 Å². The number of aromatic nitrogens is 4. The van der Waals surface area contributed by atoms with Crippen LogP contribution in [0.1, 0.15) is 22.3 Å². The predicted octanol–water partition coefficient (Wildman–Crippen LogP) is 12.3. The first-order chi connectivity index (χ1) is 27.8. The van der Waals surface area contributed by atoms with Crippen molar-refractivity contribution in [3.8, 4) is 62.1 Å². The molecule has 0 amide bonds. The molecule has 12 rings (SSSR count). The molecule has 8 aromatic carbocycles. The maximum atomic E-state index is 5.39. The van der Waals surface area contributed by atoms with Crippen LogP contribution in [0, 0.1) is 0 Å². The van der Waals surface area contributed by atoms with E-state index in [-0.39, 0.29) is 0 Å². The summed E-state index contributed by atoms with van der Waals surface area (Å²) in [5, 5.41) is 2.32. The summed E-state index contributed by atoms with van der Waals surface area (Å²) in [5.74, 6) is 1.84. The third-order valence-corrected chi connectivity index (χ3v) is 11.9. The Kier molecular flexibility index (Phi) is 6.52. The average Bonchev–Trinajstić information content (AvgIpc) is 3.89. The monoisotopic (exact) mass is 712 g/mol. The first-order valence-electron chi connectivity index (χ1n) is 19.1. The van der Waals surface area contributed by atoms with E-state index in [2.05, 4.69) is 174 Å². The van der Waals surface area contributed by atoms with Gasteiger partial charge in [-0.3, -0.25) is 4.57 Å². The minimum atomic E-state index is -0.466. The van der Waals surface area contributed by atoms with Crippen molar-refractivity contribution < 1.29 is 0 Å². The number of nitrogens with zero attached hydrogens (tertiary/aromatic N) is 4. The highest BCUT2D eigenvalue weighted by atomic mass is 15.2. The average molecular weight is 713 g/mol. The summed E-state index contributed by atoms with van der Waals surface area (Å²) < 4.78 is 2.30. The highest BCUT2D eigenvalue weighted by Crippen LogP contribution is 2.64. The van der Waals surface area contributed by atoms with E-state index in [4.69, 9.17) is 15.0 Å². The molecule has 0 radical (unpaired) electrons. The topological polar surface area (TPSA) is 43.6 Å². The number of hydrogen-bond donors (Lipinski definition) is 0. The summed E-state index contributed by atoms with van der Waals surface area (Å²) in [6, 6.07) is 69.5. The number of fused-ring (bicyclic) bond motifs is 14. The van der Waals surface area contributed by atoms with Gasteiger partial charge < -0.3 is 0 Å². The summed E-state index contributed by atoms with van der Waals surface area (Å²) in [6.45, 7) is 0. The first-order valence-corrected chi connectivity index (χ1v) is 19.1. The van der Waals surface area contributed by atoms with Crippen molar-refractivity contribution >= 4 is 21.8 Å². The zero-order chi connectivity index (χ0) is 36.8. The molecule has 0 bridgehead atoms. The molecule has 2 aliphatic carbocycles. The highest BCUT2D eigenvalue weighted by molar-refractivity contribution is 6.16. The Balaban J connectivity index is 1.19. The summed E-state index contributed by atoms with van der Waals surface area (Å²) in [7, 11) is 0. The zero-order valence-corrected chi connectivity index (χ0v) is 30.3. The van der Waals surface area contributed by atoms with Gasteiger partial charge in [-0.1, -0.05) is 182 Å². The molecule has 10 aromatic rings. The van der Waals surface area contributed by atoms with Crippen LogP contribution in [-0.2, 0) is 5.41 Å². The van der Waals surface area contributed by atoms with Gasteiger partial charge in [-0.15, -0.1) is 0 Å². The molecule has 2 heterocycles. The Bertz CT molecular complexity index is 3150. The van der Waals surface area contributed by atoms with Crippen molar-refractivity contribution in [3.05, 3.63) is 216 Å². The van der Waals surface area contributed by atoms with Gasteiger partial charge in [0.1, 0.15) is 0 Å². The van der Waals surface area contributed by atoms with Crippen LogP contribution < -0.4 is 0 Å². The van der Waals surface area contributed by atoms with E-state index in [0.717, 1.165) is 38.7 Å². The van der Waals surface area contributed by atoms with E-state index < -0.39 is 5.41 Å². The maximum absolute atomic E-state index is 5.39. The summed E-state index contributed by atoms with van der Waals surface area (Å²) in [5.41, 5.74) is 16.1. The van der Waals surface area contributed by atoms with Crippen LogP contribution in [0.4, 0.5) is 0 Å². The number of benzene rings is 8. The van der Waals surface area contributed by atoms with Gasteiger partial charge in [0.25, 0.3) is 0 Å². The predicted molar refractivity (Wildman–Crippen MR) is 227 cm³/mol. The van der Waals surface area contributed by atoms with Crippen LogP contribution in [0.15, 0.2) is 194 Å². The molecule has 4 nitrogen and oxygen atoms in total. The second-order valence-corrected chi connectivity index (χ2v) is 14.7. The molecular weight excluding hydrogens is 681 g/mol. The van der Waals surface area contributed by atoms with Crippen molar-refractivity contribution in [2.75, 3.05) is 0 Å². The fraction of sp³-hybridized carbons (Fsp3) is 0.0192. The normalized spacial score (nSPS) is 13.1. The third-order valence-electron chi connectivity index (χ3n) is 11.9. The van der Waals surface area contributed by atoms with E-state index in [9.17, 15) is 0 Å². The van der Waals surface area contributed by atoms with Crippen LogP contribution >= 0.6 is 0 Å². The maximum Gasteiger partial charge on any atom is 0.238 e. The minimum absolute atomic E-state index is 0.466. The van der Waals surface area contributed by atoms with Gasteiger partial charge in [-0.25, -0.2) is 4.98 Å². The van der Waals surface area contributed by atoms with Crippen molar-refractivity contribution in [3.63, 3.8) is 0 Å². The Labute approximate surface area is 324 Å². The van der Waals surface area contributed by atoms with Crippen molar-refractivity contribution in [1.82, 2.24) is 19.5 Å². The number of rotatable bonds is 4. The van der Waals surface area contributed by atoms with Gasteiger partial charge in [0.2, 0.25) is 5.95 Å². The van der Waals surface area contributed by atoms with Gasteiger partial charge in [0, 0.05) is 27.5 Å². The van der Waals surface area contributed by atoms with Gasteiger partial charge in [-0.05, 0) is 62.2 Å². The van der Waals surface area contributed by atoms with E-state index in [0.29, 0.717) is 17.6 Å². The van der Waals surface area contributed by atoms with Crippen LogP contribution in [0.5, 0.6) is 0 Å². The molecule has 2 aliphatic rings. The van der Waals surface area contributed by atoms with E-state index >= 15 is 0 Å². The lowest BCUT2D eigenvalue weighted by Crippen LogP contribution is -2.25. The standard InChI is InChI=1S/C52H32N4/c1-3-16-33(17-4-1)35-20-15-21-36(32-35)50-53-49(34-18-5-2-6-19-34)54-51(55-50)56-46-29-14-10-24-39(46)40-30-31-45-47(48(40)56)41-25-9-13-28-44(41)52(45)42-26-11-7-22-37(42)38-23-8-12-27-43(38)52/h1-32H. The second-order valence-electron chi connectivity index (χ2n) is 14.7. The van der Waals surface area contributed by atoms with Gasteiger partial charge >= 0.3 is 0 Å². The molecule has 2 aromatic heterocycles. The Hall–Kier alpha value is -7.43. The largest absolute Gasteiger partial charge is 0.277 e. The molecule has 0 saturated carbocycles. The smallest absolute Gasteiger partial charge is 0.238 e. The van der Waals surface area contributed by atoms with Gasteiger partial charge in [-0.2, -0.15) is 9.97 Å². The first kappa shape index (κ1) is 31.0. The lowest BCUT2D eigenvalue weighted by molar-refractivity contribution is 0.794. The van der Waals surface area contributed by atoms with Crippen molar-refractivity contribution in [2.45, 2.75) is 5.41 Å². The molecule has 0 N–H and O–H groups in total.